The zero-order valence-corrected chi connectivity index (χ0v) is 12.9. The Labute approximate surface area is 136 Å². The number of carbonyl (C=O) groups is 2. The predicted octanol–water partition coefficient (Wildman–Crippen LogP) is 3.13. The minimum atomic E-state index is -1.41. The molecule has 0 N–H and O–H groups in total. The maximum atomic E-state index is 14.4. The van der Waals surface area contributed by atoms with Crippen LogP contribution in [0.2, 0.25) is 0 Å². The molecule has 0 spiro atoms. The van der Waals surface area contributed by atoms with E-state index in [0.29, 0.717) is 6.42 Å². The lowest BCUT2D eigenvalue weighted by molar-refractivity contribution is -0.114. The van der Waals surface area contributed by atoms with Gasteiger partial charge in [0.2, 0.25) is 0 Å². The molecule has 1 aromatic carbocycles. The highest BCUT2D eigenvalue weighted by Gasteiger charge is 2.35. The van der Waals surface area contributed by atoms with Gasteiger partial charge in [0.15, 0.2) is 23.2 Å². The van der Waals surface area contributed by atoms with E-state index in [-0.39, 0.29) is 25.3 Å². The van der Waals surface area contributed by atoms with Gasteiger partial charge in [-0.3, -0.25) is 9.69 Å². The summed E-state index contributed by atoms with van der Waals surface area (Å²) in [5, 5.41) is 0. The highest BCUT2D eigenvalue weighted by atomic mass is 19.2. The predicted molar refractivity (Wildman–Crippen MR) is 80.3 cm³/mol. The highest BCUT2D eigenvalue weighted by molar-refractivity contribution is 5.92. The van der Waals surface area contributed by atoms with E-state index < -0.39 is 41.0 Å². The summed E-state index contributed by atoms with van der Waals surface area (Å²) in [6.07, 6.45) is 1.70. The van der Waals surface area contributed by atoms with Gasteiger partial charge in [-0.1, -0.05) is 6.92 Å². The number of hydrogen-bond donors (Lipinski definition) is 0. The molecule has 1 amide bonds. The van der Waals surface area contributed by atoms with Gasteiger partial charge < -0.3 is 9.64 Å². The molecule has 3 rings (SSSR count). The van der Waals surface area contributed by atoms with Crippen LogP contribution in [0.5, 0.6) is 0 Å². The SMILES string of the molecule is CC[C@H]1CN(c2cc(F)c(N3C=CC(=O)CC3)c(F)c2F)C(=O)O1. The summed E-state index contributed by atoms with van der Waals surface area (Å²) >= 11 is 0. The Balaban J connectivity index is 1.99. The zero-order chi connectivity index (χ0) is 17.4. The Kier molecular flexibility index (Phi) is 4.21. The van der Waals surface area contributed by atoms with Crippen LogP contribution in [-0.4, -0.2) is 31.1 Å². The molecular weight excluding hydrogens is 325 g/mol. The smallest absolute Gasteiger partial charge is 0.414 e. The molecule has 1 fully saturated rings. The Morgan fingerprint density at radius 3 is 2.58 bits per heavy atom. The Morgan fingerprint density at radius 1 is 1.25 bits per heavy atom. The molecule has 1 atom stereocenters. The van der Waals surface area contributed by atoms with Crippen molar-refractivity contribution >= 4 is 23.3 Å². The number of carbonyl (C=O) groups excluding carboxylic acids is 2. The number of rotatable bonds is 3. The van der Waals surface area contributed by atoms with Gasteiger partial charge in [0, 0.05) is 25.2 Å². The summed E-state index contributed by atoms with van der Waals surface area (Å²) in [7, 11) is 0. The van der Waals surface area contributed by atoms with E-state index in [2.05, 4.69) is 0 Å². The van der Waals surface area contributed by atoms with Crippen molar-refractivity contribution in [1.82, 2.24) is 0 Å². The Bertz CT molecular complexity index is 736. The van der Waals surface area contributed by atoms with E-state index in [9.17, 15) is 22.8 Å². The fraction of sp³-hybridized carbons (Fsp3) is 0.375. The zero-order valence-electron chi connectivity index (χ0n) is 12.9. The average molecular weight is 340 g/mol. The molecule has 2 aliphatic heterocycles. The van der Waals surface area contributed by atoms with Gasteiger partial charge in [-0.2, -0.15) is 0 Å². The first-order valence-electron chi connectivity index (χ1n) is 7.55. The van der Waals surface area contributed by atoms with Gasteiger partial charge in [-0.05, 0) is 12.5 Å². The van der Waals surface area contributed by atoms with Crippen LogP contribution in [0.15, 0.2) is 18.3 Å². The minimum absolute atomic E-state index is 0.0304. The molecule has 1 saturated heterocycles. The molecule has 2 aliphatic rings. The molecule has 0 aliphatic carbocycles. The first-order chi connectivity index (χ1) is 11.4. The number of allylic oxidation sites excluding steroid dienone is 1. The van der Waals surface area contributed by atoms with Crippen molar-refractivity contribution in [2.75, 3.05) is 22.9 Å². The summed E-state index contributed by atoms with van der Waals surface area (Å²) in [5.74, 6) is -3.92. The minimum Gasteiger partial charge on any atom is -0.444 e. The number of halogens is 3. The van der Waals surface area contributed by atoms with Crippen molar-refractivity contribution in [2.24, 2.45) is 0 Å². The molecule has 8 heteroatoms. The van der Waals surface area contributed by atoms with Crippen LogP contribution >= 0.6 is 0 Å². The van der Waals surface area contributed by atoms with Crippen LogP contribution in [0.25, 0.3) is 0 Å². The molecule has 0 bridgehead atoms. The van der Waals surface area contributed by atoms with Crippen LogP contribution in [0.3, 0.4) is 0 Å². The molecule has 0 aromatic heterocycles. The average Bonchev–Trinajstić information content (AvgIpc) is 2.93. The van der Waals surface area contributed by atoms with E-state index in [4.69, 9.17) is 4.74 Å². The van der Waals surface area contributed by atoms with Crippen LogP contribution in [0.1, 0.15) is 19.8 Å². The Hall–Kier alpha value is -2.51. The van der Waals surface area contributed by atoms with Crippen molar-refractivity contribution in [3.8, 4) is 0 Å². The second-order valence-electron chi connectivity index (χ2n) is 5.60. The van der Waals surface area contributed by atoms with E-state index in [1.165, 1.54) is 12.3 Å². The topological polar surface area (TPSA) is 49.9 Å². The van der Waals surface area contributed by atoms with E-state index in [1.807, 2.05) is 0 Å². The molecule has 1 aromatic rings. The first-order valence-corrected chi connectivity index (χ1v) is 7.55. The molecule has 0 radical (unpaired) electrons. The lowest BCUT2D eigenvalue weighted by Crippen LogP contribution is -2.29. The van der Waals surface area contributed by atoms with Crippen LogP contribution < -0.4 is 9.80 Å². The van der Waals surface area contributed by atoms with E-state index in [0.717, 1.165) is 15.9 Å². The van der Waals surface area contributed by atoms with Gasteiger partial charge in [-0.15, -0.1) is 0 Å². The molecule has 2 heterocycles. The van der Waals surface area contributed by atoms with E-state index in [1.54, 1.807) is 6.92 Å². The van der Waals surface area contributed by atoms with Crippen molar-refractivity contribution < 1.29 is 27.5 Å². The number of cyclic esters (lactones) is 1. The third-order valence-electron chi connectivity index (χ3n) is 4.06. The van der Waals surface area contributed by atoms with Gasteiger partial charge in [-0.25, -0.2) is 18.0 Å². The maximum absolute atomic E-state index is 14.4. The van der Waals surface area contributed by atoms with Gasteiger partial charge in [0.05, 0.1) is 12.2 Å². The quantitative estimate of drug-likeness (QED) is 0.794. The third-order valence-corrected chi connectivity index (χ3v) is 4.06. The second kappa shape index (κ2) is 6.18. The maximum Gasteiger partial charge on any atom is 0.414 e. The Morgan fingerprint density at radius 2 is 2.00 bits per heavy atom. The number of anilines is 2. The molecular formula is C16H15F3N2O3. The summed E-state index contributed by atoms with van der Waals surface area (Å²) in [6, 6.07) is 0.775. The molecule has 0 saturated carbocycles. The summed E-state index contributed by atoms with van der Waals surface area (Å²) in [5.41, 5.74) is -1.08. The van der Waals surface area contributed by atoms with Crippen LogP contribution in [-0.2, 0) is 9.53 Å². The number of ether oxygens (including phenoxy) is 1. The van der Waals surface area contributed by atoms with Crippen molar-refractivity contribution in [1.29, 1.82) is 0 Å². The van der Waals surface area contributed by atoms with Gasteiger partial charge in [0.25, 0.3) is 0 Å². The fourth-order valence-electron chi connectivity index (χ4n) is 2.71. The molecule has 128 valence electrons. The first kappa shape index (κ1) is 16.4. The van der Waals surface area contributed by atoms with Gasteiger partial charge in [0.1, 0.15) is 11.8 Å². The largest absolute Gasteiger partial charge is 0.444 e. The number of ketones is 1. The van der Waals surface area contributed by atoms with E-state index >= 15 is 0 Å². The van der Waals surface area contributed by atoms with Crippen LogP contribution in [0.4, 0.5) is 29.3 Å². The normalized spacial score (nSPS) is 20.8. The fourth-order valence-corrected chi connectivity index (χ4v) is 2.71. The molecule has 5 nitrogen and oxygen atoms in total. The lowest BCUT2D eigenvalue weighted by atomic mass is 10.1. The number of benzene rings is 1. The second-order valence-corrected chi connectivity index (χ2v) is 5.60. The number of hydrogen-bond acceptors (Lipinski definition) is 4. The lowest BCUT2D eigenvalue weighted by Gasteiger charge is -2.25. The standard InChI is InChI=1S/C16H15F3N2O3/c1-2-10-8-21(16(23)24-10)12-7-11(17)15(14(19)13(12)18)20-5-3-9(22)4-6-20/h3,5,7,10H,2,4,6,8H2,1H3/t10-/m0/s1. The third kappa shape index (κ3) is 2.72. The van der Waals surface area contributed by atoms with Crippen LogP contribution in [0, 0.1) is 17.5 Å². The van der Waals surface area contributed by atoms with Gasteiger partial charge >= 0.3 is 6.09 Å². The summed E-state index contributed by atoms with van der Waals surface area (Å²) < 4.78 is 48.2. The number of nitrogens with zero attached hydrogens (tertiary/aromatic N) is 2. The van der Waals surface area contributed by atoms with Crippen molar-refractivity contribution in [2.45, 2.75) is 25.9 Å². The molecule has 24 heavy (non-hydrogen) atoms. The highest BCUT2D eigenvalue weighted by Crippen LogP contribution is 2.35. The molecule has 0 unspecified atom stereocenters. The summed E-state index contributed by atoms with van der Waals surface area (Å²) in [6.45, 7) is 1.86. The van der Waals surface area contributed by atoms with Crippen molar-refractivity contribution in [3.63, 3.8) is 0 Å². The van der Waals surface area contributed by atoms with Crippen molar-refractivity contribution in [3.05, 3.63) is 35.8 Å². The number of amides is 1. The monoisotopic (exact) mass is 340 g/mol. The summed E-state index contributed by atoms with van der Waals surface area (Å²) in [4.78, 5) is 25.0.